The van der Waals surface area contributed by atoms with Gasteiger partial charge in [0.2, 0.25) is 0 Å². The molecule has 0 bridgehead atoms. The molecule has 3 rings (SSSR count). The lowest BCUT2D eigenvalue weighted by molar-refractivity contribution is 0.0921. The zero-order chi connectivity index (χ0) is 16.9. The highest BCUT2D eigenvalue weighted by Crippen LogP contribution is 2.16. The van der Waals surface area contributed by atoms with Crippen molar-refractivity contribution in [2.24, 2.45) is 0 Å². The Morgan fingerprint density at radius 1 is 1.04 bits per heavy atom. The van der Waals surface area contributed by atoms with Gasteiger partial charge in [-0.3, -0.25) is 9.59 Å². The molecule has 0 saturated carbocycles. The van der Waals surface area contributed by atoms with Crippen molar-refractivity contribution in [3.8, 4) is 0 Å². The molecule has 0 radical (unpaired) electrons. The van der Waals surface area contributed by atoms with Crippen LogP contribution in [0.2, 0.25) is 0 Å². The number of rotatable bonds is 4. The number of amides is 1. The molecule has 2 aromatic carbocycles. The minimum atomic E-state index is -0.181. The Balaban J connectivity index is 1.83. The number of benzene rings is 2. The molecular weight excluding hydrogens is 300 g/mol. The number of carbonyl (C=O) groups excluding carboxylic acids is 2. The van der Waals surface area contributed by atoms with Crippen LogP contribution in [0.1, 0.15) is 44.7 Å². The summed E-state index contributed by atoms with van der Waals surface area (Å²) in [6.45, 7) is 3.75. The fourth-order valence-electron chi connectivity index (χ4n) is 2.98. The van der Waals surface area contributed by atoms with Gasteiger partial charge in [0.05, 0.1) is 5.56 Å². The Hall–Kier alpha value is -2.46. The average molecular weight is 322 g/mol. The molecule has 1 amide bonds. The molecule has 4 heteroatoms. The fraction of sp³-hybridized carbons (Fsp3) is 0.300. The Kier molecular flexibility index (Phi) is 5.06. The number of nitrogens with one attached hydrogen (secondary N) is 2. The van der Waals surface area contributed by atoms with Gasteiger partial charge in [0.15, 0.2) is 5.78 Å². The van der Waals surface area contributed by atoms with Crippen molar-refractivity contribution in [3.05, 3.63) is 70.8 Å². The molecule has 1 aliphatic heterocycles. The highest BCUT2D eigenvalue weighted by Gasteiger charge is 2.21. The van der Waals surface area contributed by atoms with Crippen molar-refractivity contribution in [2.75, 3.05) is 13.1 Å². The largest absolute Gasteiger partial charge is 0.348 e. The van der Waals surface area contributed by atoms with Crippen LogP contribution >= 0.6 is 0 Å². The van der Waals surface area contributed by atoms with Crippen molar-refractivity contribution in [1.29, 1.82) is 0 Å². The lowest BCUT2D eigenvalue weighted by Gasteiger charge is -2.24. The first-order chi connectivity index (χ1) is 11.6. The zero-order valence-corrected chi connectivity index (χ0v) is 13.8. The maximum absolute atomic E-state index is 12.8. The van der Waals surface area contributed by atoms with Crippen molar-refractivity contribution >= 4 is 11.7 Å². The van der Waals surface area contributed by atoms with Crippen LogP contribution in [-0.2, 0) is 0 Å². The number of hydrogen-bond donors (Lipinski definition) is 2. The van der Waals surface area contributed by atoms with E-state index in [1.807, 2.05) is 19.1 Å². The number of hydrogen-bond acceptors (Lipinski definition) is 3. The van der Waals surface area contributed by atoms with Crippen LogP contribution in [0.25, 0.3) is 0 Å². The van der Waals surface area contributed by atoms with Crippen molar-refractivity contribution in [3.63, 3.8) is 0 Å². The van der Waals surface area contributed by atoms with E-state index in [0.29, 0.717) is 16.7 Å². The Labute approximate surface area is 142 Å². The first-order valence-corrected chi connectivity index (χ1v) is 8.37. The lowest BCUT2D eigenvalue weighted by atomic mass is 9.97. The Bertz CT molecular complexity index is 732. The van der Waals surface area contributed by atoms with Crippen molar-refractivity contribution < 1.29 is 9.59 Å². The minimum absolute atomic E-state index is 0.119. The van der Waals surface area contributed by atoms with Crippen LogP contribution < -0.4 is 10.6 Å². The maximum Gasteiger partial charge on any atom is 0.252 e. The molecule has 2 N–H and O–H groups in total. The Morgan fingerprint density at radius 3 is 2.42 bits per heavy atom. The molecule has 0 spiro atoms. The molecule has 1 heterocycles. The summed E-state index contributed by atoms with van der Waals surface area (Å²) in [7, 11) is 0. The SMILES string of the molecule is Cc1ccc(C(=O)c2ccccc2C(=O)NC2CCCNC2)cc1. The Morgan fingerprint density at radius 2 is 1.75 bits per heavy atom. The van der Waals surface area contributed by atoms with Crippen LogP contribution in [0.15, 0.2) is 48.5 Å². The van der Waals surface area contributed by atoms with E-state index in [-0.39, 0.29) is 17.7 Å². The van der Waals surface area contributed by atoms with E-state index in [4.69, 9.17) is 0 Å². The topological polar surface area (TPSA) is 58.2 Å². The molecule has 1 unspecified atom stereocenters. The molecular formula is C20H22N2O2. The van der Waals surface area contributed by atoms with Gasteiger partial charge in [-0.15, -0.1) is 0 Å². The molecule has 4 nitrogen and oxygen atoms in total. The molecule has 24 heavy (non-hydrogen) atoms. The summed E-state index contributed by atoms with van der Waals surface area (Å²) < 4.78 is 0. The number of aryl methyl sites for hydroxylation is 1. The van der Waals surface area contributed by atoms with E-state index in [9.17, 15) is 9.59 Å². The van der Waals surface area contributed by atoms with E-state index in [0.717, 1.165) is 31.5 Å². The van der Waals surface area contributed by atoms with E-state index in [2.05, 4.69) is 10.6 Å². The van der Waals surface area contributed by atoms with Gasteiger partial charge >= 0.3 is 0 Å². The van der Waals surface area contributed by atoms with Gasteiger partial charge in [-0.25, -0.2) is 0 Å². The van der Waals surface area contributed by atoms with Crippen molar-refractivity contribution in [1.82, 2.24) is 10.6 Å². The fourth-order valence-corrected chi connectivity index (χ4v) is 2.98. The standard InChI is InChI=1S/C20H22N2O2/c1-14-8-10-15(11-9-14)19(23)17-6-2-3-7-18(17)20(24)22-16-5-4-12-21-13-16/h2-3,6-11,16,21H,4-5,12-13H2,1H3,(H,22,24). The third kappa shape index (κ3) is 3.71. The molecule has 1 fully saturated rings. The quantitative estimate of drug-likeness (QED) is 0.851. The summed E-state index contributed by atoms with van der Waals surface area (Å²) in [5, 5.41) is 6.32. The summed E-state index contributed by atoms with van der Waals surface area (Å²) in [4.78, 5) is 25.4. The third-order valence-corrected chi connectivity index (χ3v) is 4.36. The van der Waals surface area contributed by atoms with Gasteiger partial charge in [0, 0.05) is 23.7 Å². The van der Waals surface area contributed by atoms with Crippen LogP contribution in [0.3, 0.4) is 0 Å². The van der Waals surface area contributed by atoms with Gasteiger partial charge in [0.25, 0.3) is 5.91 Å². The first kappa shape index (κ1) is 16.4. The third-order valence-electron chi connectivity index (χ3n) is 4.36. The lowest BCUT2D eigenvalue weighted by Crippen LogP contribution is -2.45. The normalized spacial score (nSPS) is 17.3. The number of piperidine rings is 1. The molecule has 124 valence electrons. The molecule has 0 aliphatic carbocycles. The summed E-state index contributed by atoms with van der Waals surface area (Å²) >= 11 is 0. The van der Waals surface area contributed by atoms with Gasteiger partial charge in [-0.1, -0.05) is 48.0 Å². The van der Waals surface area contributed by atoms with Gasteiger partial charge in [-0.05, 0) is 32.4 Å². The average Bonchev–Trinajstić information content (AvgIpc) is 2.62. The van der Waals surface area contributed by atoms with E-state index in [1.54, 1.807) is 36.4 Å². The second-order valence-corrected chi connectivity index (χ2v) is 6.26. The van der Waals surface area contributed by atoms with E-state index in [1.165, 1.54) is 0 Å². The van der Waals surface area contributed by atoms with Crippen LogP contribution in [0.5, 0.6) is 0 Å². The summed E-state index contributed by atoms with van der Waals surface area (Å²) in [6.07, 6.45) is 2.02. The number of carbonyl (C=O) groups is 2. The molecule has 2 aromatic rings. The van der Waals surface area contributed by atoms with Gasteiger partial charge in [0.1, 0.15) is 0 Å². The zero-order valence-electron chi connectivity index (χ0n) is 13.8. The van der Waals surface area contributed by atoms with Crippen LogP contribution in [0, 0.1) is 6.92 Å². The number of ketones is 1. The predicted molar refractivity (Wildman–Crippen MR) is 94.4 cm³/mol. The second-order valence-electron chi connectivity index (χ2n) is 6.26. The van der Waals surface area contributed by atoms with Crippen LogP contribution in [-0.4, -0.2) is 30.8 Å². The summed E-state index contributed by atoms with van der Waals surface area (Å²) in [6, 6.07) is 14.6. The predicted octanol–water partition coefficient (Wildman–Crippen LogP) is 2.71. The molecule has 1 aliphatic rings. The monoisotopic (exact) mass is 322 g/mol. The first-order valence-electron chi connectivity index (χ1n) is 8.37. The molecule has 1 saturated heterocycles. The van der Waals surface area contributed by atoms with E-state index >= 15 is 0 Å². The van der Waals surface area contributed by atoms with Gasteiger partial charge in [-0.2, -0.15) is 0 Å². The smallest absolute Gasteiger partial charge is 0.252 e. The minimum Gasteiger partial charge on any atom is -0.348 e. The summed E-state index contributed by atoms with van der Waals surface area (Å²) in [5.41, 5.74) is 2.58. The van der Waals surface area contributed by atoms with E-state index < -0.39 is 0 Å². The second kappa shape index (κ2) is 7.41. The molecule has 1 atom stereocenters. The summed E-state index contributed by atoms with van der Waals surface area (Å²) in [5.74, 6) is -0.303. The maximum atomic E-state index is 12.8. The highest BCUT2D eigenvalue weighted by molar-refractivity contribution is 6.15. The van der Waals surface area contributed by atoms with Crippen LogP contribution in [0.4, 0.5) is 0 Å². The van der Waals surface area contributed by atoms with Gasteiger partial charge < -0.3 is 10.6 Å². The van der Waals surface area contributed by atoms with Crippen molar-refractivity contribution in [2.45, 2.75) is 25.8 Å². The molecule has 0 aromatic heterocycles. The highest BCUT2D eigenvalue weighted by atomic mass is 16.2.